The molecule has 1 aliphatic carbocycles. The topological polar surface area (TPSA) is 86.3 Å². The summed E-state index contributed by atoms with van der Waals surface area (Å²) in [5.41, 5.74) is 6.79. The highest BCUT2D eigenvalue weighted by Gasteiger charge is 2.47. The fourth-order valence-corrected chi connectivity index (χ4v) is 3.67. The van der Waals surface area contributed by atoms with Gasteiger partial charge in [0.2, 0.25) is 0 Å². The standard InChI is InChI=1S/C24H24N2O4/c1-23(2,27)13-28-17-8-10-21-19(12-17)24(14-29-22(25)26-24)18-11-16(6-5-15-3-4-15)7-9-20(18)30-21/h7-12,15,27H,3-4,13-14H2,1-2H3,(H2,25,26)/t24-/m0/s1. The van der Waals surface area contributed by atoms with Crippen molar-refractivity contribution in [2.75, 3.05) is 13.2 Å². The molecular formula is C24H24N2O4. The number of amidine groups is 1. The minimum absolute atomic E-state index is 0.145. The lowest BCUT2D eigenvalue weighted by molar-refractivity contribution is 0.0284. The smallest absolute Gasteiger partial charge is 0.283 e. The minimum Gasteiger partial charge on any atom is -0.491 e. The number of benzene rings is 2. The van der Waals surface area contributed by atoms with E-state index in [4.69, 9.17) is 24.9 Å². The van der Waals surface area contributed by atoms with E-state index in [-0.39, 0.29) is 19.2 Å². The first kappa shape index (κ1) is 18.8. The molecule has 1 spiro atoms. The molecule has 2 aliphatic heterocycles. The molecule has 2 heterocycles. The van der Waals surface area contributed by atoms with Crippen LogP contribution in [0, 0.1) is 17.8 Å². The van der Waals surface area contributed by atoms with E-state index in [0.717, 1.165) is 16.7 Å². The van der Waals surface area contributed by atoms with Crippen molar-refractivity contribution in [3.05, 3.63) is 53.1 Å². The maximum atomic E-state index is 9.99. The normalized spacial score (nSPS) is 21.5. The number of nitrogens with zero attached hydrogens (tertiary/aromatic N) is 1. The Morgan fingerprint density at radius 3 is 2.60 bits per heavy atom. The van der Waals surface area contributed by atoms with Gasteiger partial charge in [0, 0.05) is 22.6 Å². The zero-order valence-electron chi connectivity index (χ0n) is 17.1. The lowest BCUT2D eigenvalue weighted by Gasteiger charge is -2.33. The van der Waals surface area contributed by atoms with Crippen LogP contribution >= 0.6 is 0 Å². The molecule has 6 nitrogen and oxygen atoms in total. The first-order valence-corrected chi connectivity index (χ1v) is 10.1. The lowest BCUT2D eigenvalue weighted by atomic mass is 9.80. The molecule has 1 fully saturated rings. The fourth-order valence-electron chi connectivity index (χ4n) is 3.67. The summed E-state index contributed by atoms with van der Waals surface area (Å²) in [5.74, 6) is 9.10. The van der Waals surface area contributed by atoms with Gasteiger partial charge in [-0.15, -0.1) is 0 Å². The molecule has 6 heteroatoms. The molecule has 0 amide bonds. The van der Waals surface area contributed by atoms with E-state index in [0.29, 0.717) is 23.2 Å². The van der Waals surface area contributed by atoms with Gasteiger partial charge in [-0.1, -0.05) is 11.8 Å². The van der Waals surface area contributed by atoms with E-state index < -0.39 is 11.1 Å². The number of aliphatic hydroxyl groups is 1. The predicted molar refractivity (Wildman–Crippen MR) is 113 cm³/mol. The van der Waals surface area contributed by atoms with E-state index in [9.17, 15) is 5.11 Å². The molecule has 2 aromatic carbocycles. The van der Waals surface area contributed by atoms with Crippen molar-refractivity contribution < 1.29 is 19.3 Å². The summed E-state index contributed by atoms with van der Waals surface area (Å²) < 4.78 is 17.6. The summed E-state index contributed by atoms with van der Waals surface area (Å²) in [6.07, 6.45) is 2.36. The van der Waals surface area contributed by atoms with Crippen molar-refractivity contribution in [2.45, 2.75) is 37.8 Å². The number of fused-ring (bicyclic) bond motifs is 4. The maximum Gasteiger partial charge on any atom is 0.283 e. The van der Waals surface area contributed by atoms with Gasteiger partial charge in [-0.3, -0.25) is 0 Å². The van der Waals surface area contributed by atoms with Crippen LogP contribution in [0.25, 0.3) is 0 Å². The van der Waals surface area contributed by atoms with Crippen LogP contribution in [0.1, 0.15) is 43.4 Å². The van der Waals surface area contributed by atoms with E-state index in [1.165, 1.54) is 12.8 Å². The monoisotopic (exact) mass is 404 g/mol. The number of hydrogen-bond acceptors (Lipinski definition) is 6. The van der Waals surface area contributed by atoms with Crippen molar-refractivity contribution in [1.82, 2.24) is 0 Å². The Hall–Kier alpha value is -3.17. The summed E-state index contributed by atoms with van der Waals surface area (Å²) in [7, 11) is 0. The molecule has 0 aromatic heterocycles. The van der Waals surface area contributed by atoms with E-state index in [1.807, 2.05) is 36.4 Å². The molecule has 0 bridgehead atoms. The Kier molecular flexibility index (Phi) is 4.19. The van der Waals surface area contributed by atoms with Gasteiger partial charge in [0.25, 0.3) is 6.02 Å². The van der Waals surface area contributed by atoms with Gasteiger partial charge in [-0.2, -0.15) is 0 Å². The van der Waals surface area contributed by atoms with Crippen LogP contribution in [-0.2, 0) is 10.3 Å². The highest BCUT2D eigenvalue weighted by molar-refractivity contribution is 5.77. The summed E-state index contributed by atoms with van der Waals surface area (Å²) in [6, 6.07) is 11.6. The fraction of sp³-hybridized carbons (Fsp3) is 0.375. The van der Waals surface area contributed by atoms with E-state index in [1.54, 1.807) is 13.8 Å². The average molecular weight is 404 g/mol. The van der Waals surface area contributed by atoms with E-state index >= 15 is 0 Å². The third-order valence-electron chi connectivity index (χ3n) is 5.36. The summed E-state index contributed by atoms with van der Waals surface area (Å²) in [4.78, 5) is 4.70. The van der Waals surface area contributed by atoms with Crippen LogP contribution in [0.4, 0.5) is 0 Å². The third kappa shape index (κ3) is 3.46. The number of rotatable bonds is 3. The number of ether oxygens (including phenoxy) is 3. The number of aliphatic imine (C=N–C) groups is 1. The van der Waals surface area contributed by atoms with Crippen LogP contribution in [0.2, 0.25) is 0 Å². The molecule has 1 saturated carbocycles. The Morgan fingerprint density at radius 2 is 1.93 bits per heavy atom. The predicted octanol–water partition coefficient (Wildman–Crippen LogP) is 3.29. The number of nitrogens with two attached hydrogens (primary N) is 1. The molecule has 154 valence electrons. The van der Waals surface area contributed by atoms with Crippen molar-refractivity contribution in [1.29, 1.82) is 0 Å². The second-order valence-corrected chi connectivity index (χ2v) is 8.71. The van der Waals surface area contributed by atoms with Gasteiger partial charge in [0.05, 0.1) is 5.60 Å². The van der Waals surface area contributed by atoms with Crippen LogP contribution < -0.4 is 15.2 Å². The maximum absolute atomic E-state index is 9.99. The van der Waals surface area contributed by atoms with Gasteiger partial charge >= 0.3 is 0 Å². The average Bonchev–Trinajstić information content (AvgIpc) is 3.46. The molecule has 5 rings (SSSR count). The Balaban J connectivity index is 1.58. The molecule has 0 radical (unpaired) electrons. The molecule has 0 unspecified atom stereocenters. The van der Waals surface area contributed by atoms with Gasteiger partial charge in [-0.25, -0.2) is 4.99 Å². The van der Waals surface area contributed by atoms with Crippen molar-refractivity contribution >= 4 is 6.02 Å². The first-order chi connectivity index (χ1) is 14.3. The molecule has 30 heavy (non-hydrogen) atoms. The van der Waals surface area contributed by atoms with Crippen molar-refractivity contribution in [3.63, 3.8) is 0 Å². The van der Waals surface area contributed by atoms with Gasteiger partial charge in [0.1, 0.15) is 30.5 Å². The first-order valence-electron chi connectivity index (χ1n) is 10.1. The summed E-state index contributed by atoms with van der Waals surface area (Å²) >= 11 is 0. The lowest BCUT2D eigenvalue weighted by Crippen LogP contribution is -2.31. The van der Waals surface area contributed by atoms with Gasteiger partial charge < -0.3 is 25.1 Å². The molecule has 3 aliphatic rings. The second-order valence-electron chi connectivity index (χ2n) is 8.71. The molecule has 3 N–H and O–H groups in total. The van der Waals surface area contributed by atoms with Crippen LogP contribution in [-0.4, -0.2) is 29.9 Å². The minimum atomic E-state index is -0.940. The van der Waals surface area contributed by atoms with Crippen LogP contribution in [0.15, 0.2) is 41.4 Å². The Bertz CT molecular complexity index is 1100. The van der Waals surface area contributed by atoms with Crippen molar-refractivity contribution in [2.24, 2.45) is 16.6 Å². The van der Waals surface area contributed by atoms with Crippen LogP contribution in [0.5, 0.6) is 17.2 Å². The van der Waals surface area contributed by atoms with Gasteiger partial charge in [0.15, 0.2) is 5.54 Å². The molecule has 2 aromatic rings. The number of hydrogen-bond donors (Lipinski definition) is 2. The zero-order valence-corrected chi connectivity index (χ0v) is 17.1. The summed E-state index contributed by atoms with van der Waals surface area (Å²) in [6.45, 7) is 3.84. The zero-order chi connectivity index (χ0) is 20.9. The second kappa shape index (κ2) is 6.68. The Morgan fingerprint density at radius 1 is 1.20 bits per heavy atom. The highest BCUT2D eigenvalue weighted by atomic mass is 16.5. The van der Waals surface area contributed by atoms with Crippen molar-refractivity contribution in [3.8, 4) is 29.1 Å². The van der Waals surface area contributed by atoms with E-state index in [2.05, 4.69) is 11.8 Å². The van der Waals surface area contributed by atoms with Crippen LogP contribution in [0.3, 0.4) is 0 Å². The molecule has 0 saturated heterocycles. The molecule has 1 atom stereocenters. The third-order valence-corrected chi connectivity index (χ3v) is 5.36. The largest absolute Gasteiger partial charge is 0.491 e. The quantitative estimate of drug-likeness (QED) is 0.767. The molecular weight excluding hydrogens is 380 g/mol. The highest BCUT2D eigenvalue weighted by Crippen LogP contribution is 2.51. The SMILES string of the molecule is CC(C)(O)COc1ccc2c(c1)[C@]1(COC(N)=N1)c1cc(C#CC3CC3)ccc1O2. The summed E-state index contributed by atoms with van der Waals surface area (Å²) in [5, 5.41) is 9.99. The Labute approximate surface area is 175 Å². The van der Waals surface area contributed by atoms with Gasteiger partial charge in [-0.05, 0) is 63.1 Å².